The molecule has 1 N–H and O–H groups in total. The molecule has 5 nitrogen and oxygen atoms in total. The Hall–Kier alpha value is -3.34. The number of aromatic amines is 1. The van der Waals surface area contributed by atoms with E-state index in [1.54, 1.807) is 0 Å². The van der Waals surface area contributed by atoms with Crippen LogP contribution in [0.4, 0.5) is 0 Å². The summed E-state index contributed by atoms with van der Waals surface area (Å²) in [7, 11) is 0. The van der Waals surface area contributed by atoms with Gasteiger partial charge in [-0.1, -0.05) is 36.4 Å². The molecule has 6 rings (SSSR count). The molecule has 2 bridgehead atoms. The van der Waals surface area contributed by atoms with Gasteiger partial charge in [-0.05, 0) is 54.5 Å². The topological polar surface area (TPSA) is 53.9 Å². The van der Waals surface area contributed by atoms with Crippen LogP contribution in [-0.4, -0.2) is 37.7 Å². The highest BCUT2D eigenvalue weighted by molar-refractivity contribution is 5.85. The average Bonchev–Trinajstić information content (AvgIpc) is 3.58. The first-order chi connectivity index (χ1) is 15.3. The molecule has 3 unspecified atom stereocenters. The zero-order valence-corrected chi connectivity index (χ0v) is 17.4. The van der Waals surface area contributed by atoms with Crippen molar-refractivity contribution in [1.29, 1.82) is 0 Å². The number of hydrogen-bond donors (Lipinski definition) is 1. The van der Waals surface area contributed by atoms with E-state index < -0.39 is 0 Å². The monoisotopic (exact) mass is 410 g/mol. The fraction of sp³-hybridized carbons (Fsp3) is 0.308. The Morgan fingerprint density at radius 1 is 1.06 bits per heavy atom. The van der Waals surface area contributed by atoms with Crippen molar-refractivity contribution >= 4 is 16.8 Å². The van der Waals surface area contributed by atoms with E-state index in [0.717, 1.165) is 36.9 Å². The lowest BCUT2D eigenvalue weighted by atomic mass is 9.89. The Balaban J connectivity index is 1.20. The maximum absolute atomic E-state index is 13.1. The lowest BCUT2D eigenvalue weighted by Gasteiger charge is -2.25. The van der Waals surface area contributed by atoms with Gasteiger partial charge in [-0.25, -0.2) is 0 Å². The molecule has 2 aromatic carbocycles. The molecule has 2 fully saturated rings. The zero-order valence-electron chi connectivity index (χ0n) is 17.4. The van der Waals surface area contributed by atoms with Gasteiger partial charge in [0.05, 0.1) is 12.6 Å². The van der Waals surface area contributed by atoms with Gasteiger partial charge in [0.2, 0.25) is 5.91 Å². The predicted molar refractivity (Wildman–Crippen MR) is 121 cm³/mol. The highest BCUT2D eigenvalue weighted by Gasteiger charge is 2.48. The van der Waals surface area contributed by atoms with Gasteiger partial charge in [-0.2, -0.15) is 5.10 Å². The molecule has 0 radical (unpaired) electrons. The summed E-state index contributed by atoms with van der Waals surface area (Å²) in [6.07, 6.45) is 9.92. The first-order valence-electron chi connectivity index (χ1n) is 11.2. The number of amides is 1. The highest BCUT2D eigenvalue weighted by atomic mass is 16.2. The summed E-state index contributed by atoms with van der Waals surface area (Å²) < 4.78 is 2.37. The third kappa shape index (κ3) is 3.25. The molecule has 2 aromatic heterocycles. The predicted octanol–water partition coefficient (Wildman–Crippen LogP) is 4.65. The number of nitrogens with zero attached hydrogens (tertiary/aromatic N) is 3. The minimum Gasteiger partial charge on any atom is -0.347 e. The van der Waals surface area contributed by atoms with Crippen LogP contribution in [0.1, 0.15) is 24.8 Å². The van der Waals surface area contributed by atoms with Crippen LogP contribution < -0.4 is 0 Å². The molecule has 31 heavy (non-hydrogen) atoms. The first kappa shape index (κ1) is 18.4. The van der Waals surface area contributed by atoms with E-state index in [1.807, 2.05) is 30.6 Å². The maximum atomic E-state index is 13.1. The molecule has 5 heteroatoms. The molecule has 2 aliphatic rings. The number of H-pyrrole nitrogens is 1. The summed E-state index contributed by atoms with van der Waals surface area (Å²) in [5.41, 5.74) is 4.66. The second-order valence-electron chi connectivity index (χ2n) is 8.99. The Morgan fingerprint density at radius 3 is 2.81 bits per heavy atom. The molecule has 4 heterocycles. The number of carbonyl (C=O) groups is 1. The molecule has 0 spiro atoms. The molecule has 4 aromatic rings. The number of hydrogen-bond acceptors (Lipinski definition) is 2. The first-order valence-corrected chi connectivity index (χ1v) is 11.2. The third-order valence-electron chi connectivity index (χ3n) is 7.19. The van der Waals surface area contributed by atoms with E-state index in [2.05, 4.69) is 62.3 Å². The van der Waals surface area contributed by atoms with Crippen LogP contribution in [0, 0.1) is 5.92 Å². The van der Waals surface area contributed by atoms with Crippen molar-refractivity contribution in [2.24, 2.45) is 5.92 Å². The van der Waals surface area contributed by atoms with Crippen molar-refractivity contribution < 1.29 is 4.79 Å². The number of aromatic nitrogens is 3. The molecular formula is C26H26N4O. The lowest BCUT2D eigenvalue weighted by Crippen LogP contribution is -2.38. The van der Waals surface area contributed by atoms with Crippen molar-refractivity contribution in [3.8, 4) is 11.1 Å². The number of rotatable bonds is 5. The van der Waals surface area contributed by atoms with E-state index >= 15 is 0 Å². The van der Waals surface area contributed by atoms with E-state index in [4.69, 9.17) is 0 Å². The van der Waals surface area contributed by atoms with Crippen LogP contribution in [0.3, 0.4) is 0 Å². The van der Waals surface area contributed by atoms with E-state index in [0.29, 0.717) is 30.3 Å². The number of carbonyl (C=O) groups excluding carboxylic acids is 1. The molecule has 0 aliphatic carbocycles. The average molecular weight is 411 g/mol. The second kappa shape index (κ2) is 7.41. The summed E-state index contributed by atoms with van der Waals surface area (Å²) in [5, 5.41) is 8.19. The quantitative estimate of drug-likeness (QED) is 0.521. The van der Waals surface area contributed by atoms with E-state index in [1.165, 1.54) is 16.5 Å². The summed E-state index contributed by atoms with van der Waals surface area (Å²) in [6, 6.07) is 19.7. The van der Waals surface area contributed by atoms with Crippen LogP contribution in [0.25, 0.3) is 22.0 Å². The Morgan fingerprint density at radius 2 is 1.97 bits per heavy atom. The van der Waals surface area contributed by atoms with Gasteiger partial charge in [-0.15, -0.1) is 0 Å². The Kier molecular flexibility index (Phi) is 4.41. The molecule has 3 atom stereocenters. The van der Waals surface area contributed by atoms with Gasteiger partial charge >= 0.3 is 0 Å². The van der Waals surface area contributed by atoms with Crippen molar-refractivity contribution in [2.75, 3.05) is 0 Å². The van der Waals surface area contributed by atoms with Crippen molar-refractivity contribution in [2.45, 2.75) is 44.3 Å². The molecule has 156 valence electrons. The summed E-state index contributed by atoms with van der Waals surface area (Å²) in [5.74, 6) is 0.825. The van der Waals surface area contributed by atoms with E-state index in [9.17, 15) is 4.79 Å². The van der Waals surface area contributed by atoms with Gasteiger partial charge in [0, 0.05) is 47.5 Å². The minimum absolute atomic E-state index is 0.295. The van der Waals surface area contributed by atoms with Gasteiger partial charge in [0.15, 0.2) is 0 Å². The summed E-state index contributed by atoms with van der Waals surface area (Å²) >= 11 is 0. The Bertz CT molecular complexity index is 1210. The number of fused-ring (bicyclic) bond motifs is 3. The smallest absolute Gasteiger partial charge is 0.227 e. The maximum Gasteiger partial charge on any atom is 0.227 e. The van der Waals surface area contributed by atoms with Crippen LogP contribution in [0.15, 0.2) is 73.2 Å². The fourth-order valence-corrected chi connectivity index (χ4v) is 5.76. The standard InChI is InChI=1S/C26H26N4O/c31-26(12-18-4-2-1-3-5-18)30-23-7-9-25(30)21(14-23)17-29-11-10-20-13-19(6-8-24(20)29)22-15-27-28-16-22/h1-6,8,10-11,13,15-16,21,23,25H,7,9,12,14,17H2,(H,27,28). The van der Waals surface area contributed by atoms with Gasteiger partial charge in [-0.3, -0.25) is 9.89 Å². The molecule has 0 saturated carbocycles. The van der Waals surface area contributed by atoms with E-state index in [-0.39, 0.29) is 0 Å². The van der Waals surface area contributed by atoms with Crippen LogP contribution in [-0.2, 0) is 17.8 Å². The summed E-state index contributed by atoms with van der Waals surface area (Å²) in [4.78, 5) is 15.3. The van der Waals surface area contributed by atoms with Crippen molar-refractivity contribution in [3.63, 3.8) is 0 Å². The Labute approximate surface area is 181 Å². The minimum atomic E-state index is 0.295. The van der Waals surface area contributed by atoms with Crippen LogP contribution in [0.2, 0.25) is 0 Å². The molecule has 1 amide bonds. The van der Waals surface area contributed by atoms with Gasteiger partial charge in [0.1, 0.15) is 0 Å². The normalized spacial score (nSPS) is 22.5. The fourth-order valence-electron chi connectivity index (χ4n) is 5.76. The number of nitrogens with one attached hydrogen (secondary N) is 1. The zero-order chi connectivity index (χ0) is 20.8. The lowest BCUT2D eigenvalue weighted by molar-refractivity contribution is -0.131. The van der Waals surface area contributed by atoms with Crippen molar-refractivity contribution in [3.05, 3.63) is 78.8 Å². The SMILES string of the molecule is O=C(Cc1ccccc1)N1C2CCC1C(Cn1ccc3cc(-c4cn[nH]c4)ccc31)C2. The third-order valence-corrected chi connectivity index (χ3v) is 7.19. The second-order valence-corrected chi connectivity index (χ2v) is 8.99. The molecule has 2 aliphatic heterocycles. The van der Waals surface area contributed by atoms with Gasteiger partial charge < -0.3 is 9.47 Å². The van der Waals surface area contributed by atoms with Gasteiger partial charge in [0.25, 0.3) is 0 Å². The largest absolute Gasteiger partial charge is 0.347 e. The van der Waals surface area contributed by atoms with Crippen molar-refractivity contribution in [1.82, 2.24) is 19.7 Å². The molecule has 2 saturated heterocycles. The summed E-state index contributed by atoms with van der Waals surface area (Å²) in [6.45, 7) is 0.977. The van der Waals surface area contributed by atoms with Crippen LogP contribution in [0.5, 0.6) is 0 Å². The number of benzene rings is 2. The highest BCUT2D eigenvalue weighted by Crippen LogP contribution is 2.43. The molecular weight excluding hydrogens is 384 g/mol. The van der Waals surface area contributed by atoms with Crippen LogP contribution >= 0.6 is 0 Å².